The van der Waals surface area contributed by atoms with Gasteiger partial charge in [-0.25, -0.2) is 0 Å². The van der Waals surface area contributed by atoms with Crippen LogP contribution in [0.1, 0.15) is 24.0 Å². The highest BCUT2D eigenvalue weighted by molar-refractivity contribution is 7.89. The second kappa shape index (κ2) is 8.30. The SMILES string of the molecule is Cc1ccc(Oc2ccc(S(=O)(=O)N(O)C(=O)C3CCOCC3)cc2)cc1C. The Hall–Kier alpha value is -2.42. The number of rotatable bonds is 5. The lowest BCUT2D eigenvalue weighted by Crippen LogP contribution is -2.40. The fourth-order valence-electron chi connectivity index (χ4n) is 2.91. The first kappa shape index (κ1) is 20.3. The number of hydrogen-bond acceptors (Lipinski definition) is 6. The molecule has 0 bridgehead atoms. The molecular weight excluding hydrogens is 382 g/mol. The van der Waals surface area contributed by atoms with E-state index in [1.165, 1.54) is 24.3 Å². The smallest absolute Gasteiger partial charge is 0.289 e. The van der Waals surface area contributed by atoms with Gasteiger partial charge in [-0.15, -0.1) is 4.47 Å². The topological polar surface area (TPSA) is 93.1 Å². The Morgan fingerprint density at radius 1 is 1.04 bits per heavy atom. The summed E-state index contributed by atoms with van der Waals surface area (Å²) in [5, 5.41) is 10.0. The summed E-state index contributed by atoms with van der Waals surface area (Å²) >= 11 is 0. The van der Waals surface area contributed by atoms with Crippen molar-refractivity contribution in [2.45, 2.75) is 31.6 Å². The maximum atomic E-state index is 12.6. The van der Waals surface area contributed by atoms with Crippen LogP contribution in [0.4, 0.5) is 0 Å². The van der Waals surface area contributed by atoms with E-state index >= 15 is 0 Å². The van der Waals surface area contributed by atoms with Crippen LogP contribution in [0.2, 0.25) is 0 Å². The molecule has 7 nitrogen and oxygen atoms in total. The molecule has 28 heavy (non-hydrogen) atoms. The van der Waals surface area contributed by atoms with Crippen LogP contribution < -0.4 is 4.74 Å². The van der Waals surface area contributed by atoms with Crippen LogP contribution in [-0.2, 0) is 19.6 Å². The highest BCUT2D eigenvalue weighted by atomic mass is 32.2. The van der Waals surface area contributed by atoms with Crippen molar-refractivity contribution in [2.75, 3.05) is 13.2 Å². The van der Waals surface area contributed by atoms with Gasteiger partial charge < -0.3 is 9.47 Å². The molecule has 150 valence electrons. The molecule has 2 aromatic carbocycles. The number of hydrogen-bond donors (Lipinski definition) is 1. The summed E-state index contributed by atoms with van der Waals surface area (Å²) in [4.78, 5) is 12.1. The van der Waals surface area contributed by atoms with E-state index in [-0.39, 0.29) is 9.36 Å². The lowest BCUT2D eigenvalue weighted by Gasteiger charge is -2.24. The Labute approximate surface area is 164 Å². The number of nitrogens with zero attached hydrogens (tertiary/aromatic N) is 1. The normalized spacial score (nSPS) is 15.2. The second-order valence-electron chi connectivity index (χ2n) is 6.79. The predicted molar refractivity (Wildman–Crippen MR) is 102 cm³/mol. The lowest BCUT2D eigenvalue weighted by atomic mass is 10.00. The number of carbonyl (C=O) groups is 1. The van der Waals surface area contributed by atoms with Crippen molar-refractivity contribution < 1.29 is 27.9 Å². The predicted octanol–water partition coefficient (Wildman–Crippen LogP) is 3.43. The molecule has 0 radical (unpaired) electrons. The number of benzene rings is 2. The number of aryl methyl sites for hydroxylation is 2. The van der Waals surface area contributed by atoms with E-state index in [1.807, 2.05) is 32.0 Å². The summed E-state index contributed by atoms with van der Waals surface area (Å²) in [5.41, 5.74) is 2.23. The van der Waals surface area contributed by atoms with Crippen molar-refractivity contribution in [3.8, 4) is 11.5 Å². The Morgan fingerprint density at radius 2 is 1.64 bits per heavy atom. The summed E-state index contributed by atoms with van der Waals surface area (Å²) < 4.78 is 35.8. The van der Waals surface area contributed by atoms with Crippen LogP contribution in [0.3, 0.4) is 0 Å². The molecule has 1 saturated heterocycles. The van der Waals surface area contributed by atoms with Crippen molar-refractivity contribution in [3.63, 3.8) is 0 Å². The molecule has 0 spiro atoms. The van der Waals surface area contributed by atoms with Crippen molar-refractivity contribution in [3.05, 3.63) is 53.6 Å². The van der Waals surface area contributed by atoms with E-state index in [0.717, 1.165) is 11.1 Å². The highest BCUT2D eigenvalue weighted by Gasteiger charge is 2.34. The van der Waals surface area contributed by atoms with Gasteiger partial charge in [0.25, 0.3) is 15.9 Å². The average molecular weight is 405 g/mol. The molecule has 0 aliphatic carbocycles. The molecule has 1 amide bonds. The van der Waals surface area contributed by atoms with Crippen LogP contribution in [-0.4, -0.2) is 37.2 Å². The van der Waals surface area contributed by atoms with Crippen LogP contribution in [0.15, 0.2) is 47.4 Å². The van der Waals surface area contributed by atoms with Gasteiger partial charge in [0, 0.05) is 19.1 Å². The summed E-state index contributed by atoms with van der Waals surface area (Å²) in [6, 6.07) is 11.2. The number of amides is 1. The van der Waals surface area contributed by atoms with Crippen LogP contribution in [0.25, 0.3) is 0 Å². The van der Waals surface area contributed by atoms with Gasteiger partial charge in [-0.1, -0.05) is 6.07 Å². The minimum Gasteiger partial charge on any atom is -0.457 e. The van der Waals surface area contributed by atoms with E-state index in [4.69, 9.17) is 9.47 Å². The minimum absolute atomic E-state index is 0.151. The Balaban J connectivity index is 1.73. The van der Waals surface area contributed by atoms with Crippen molar-refractivity contribution >= 4 is 15.9 Å². The second-order valence-corrected chi connectivity index (χ2v) is 8.56. The van der Waals surface area contributed by atoms with Gasteiger partial charge in [0.15, 0.2) is 0 Å². The maximum Gasteiger partial charge on any atom is 0.289 e. The number of ether oxygens (including phenoxy) is 2. The Kier molecular flexibility index (Phi) is 6.02. The van der Waals surface area contributed by atoms with Crippen LogP contribution in [0.5, 0.6) is 11.5 Å². The van der Waals surface area contributed by atoms with Crippen molar-refractivity contribution in [1.82, 2.24) is 4.47 Å². The molecule has 0 aromatic heterocycles. The standard InChI is InChI=1S/C20H23NO6S/c1-14-3-4-18(13-15(14)2)27-17-5-7-19(8-6-17)28(24,25)21(23)20(22)16-9-11-26-12-10-16/h3-8,13,16,23H,9-12H2,1-2H3. The van der Waals surface area contributed by atoms with Gasteiger partial charge in [0.2, 0.25) is 0 Å². The maximum absolute atomic E-state index is 12.6. The lowest BCUT2D eigenvalue weighted by molar-refractivity contribution is -0.153. The van der Waals surface area contributed by atoms with Gasteiger partial charge in [0.05, 0.1) is 4.90 Å². The molecule has 1 aliphatic heterocycles. The molecule has 3 rings (SSSR count). The molecule has 1 heterocycles. The molecule has 1 N–H and O–H groups in total. The average Bonchev–Trinajstić information content (AvgIpc) is 2.70. The third-order valence-electron chi connectivity index (χ3n) is 4.82. The van der Waals surface area contributed by atoms with E-state index in [0.29, 0.717) is 37.6 Å². The Morgan fingerprint density at radius 3 is 2.25 bits per heavy atom. The fraction of sp³-hybridized carbons (Fsp3) is 0.350. The van der Waals surface area contributed by atoms with Gasteiger partial charge in [-0.3, -0.25) is 10.0 Å². The number of carbonyl (C=O) groups excluding carboxylic acids is 1. The number of hydroxylamine groups is 1. The summed E-state index contributed by atoms with van der Waals surface area (Å²) in [6.45, 7) is 4.72. The van der Waals surface area contributed by atoms with Crippen molar-refractivity contribution in [2.24, 2.45) is 5.92 Å². The third-order valence-corrected chi connectivity index (χ3v) is 6.33. The van der Waals surface area contributed by atoms with Gasteiger partial charge in [0.1, 0.15) is 11.5 Å². The molecule has 1 fully saturated rings. The zero-order valence-electron chi connectivity index (χ0n) is 15.8. The fourth-order valence-corrected chi connectivity index (χ4v) is 3.98. The van der Waals surface area contributed by atoms with Gasteiger partial charge >= 0.3 is 0 Å². The number of sulfonamides is 1. The highest BCUT2D eigenvalue weighted by Crippen LogP contribution is 2.26. The van der Waals surface area contributed by atoms with Crippen molar-refractivity contribution in [1.29, 1.82) is 0 Å². The minimum atomic E-state index is -4.35. The zero-order valence-corrected chi connectivity index (χ0v) is 16.6. The first-order chi connectivity index (χ1) is 13.3. The van der Waals surface area contributed by atoms with E-state index in [2.05, 4.69) is 0 Å². The van der Waals surface area contributed by atoms with E-state index in [1.54, 1.807) is 0 Å². The Bertz CT molecular complexity index is 949. The molecule has 0 atom stereocenters. The molecule has 0 unspecified atom stereocenters. The third kappa shape index (κ3) is 4.35. The quantitative estimate of drug-likeness (QED) is 0.605. The molecule has 1 aliphatic rings. The largest absolute Gasteiger partial charge is 0.457 e. The zero-order chi connectivity index (χ0) is 20.3. The van der Waals surface area contributed by atoms with E-state index in [9.17, 15) is 18.4 Å². The van der Waals surface area contributed by atoms with Gasteiger partial charge in [-0.05, 0) is 74.2 Å². The van der Waals surface area contributed by atoms with E-state index < -0.39 is 21.8 Å². The molecule has 8 heteroatoms. The first-order valence-electron chi connectivity index (χ1n) is 9.00. The summed E-state index contributed by atoms with van der Waals surface area (Å²) in [7, 11) is -4.35. The first-order valence-corrected chi connectivity index (χ1v) is 10.4. The summed E-state index contributed by atoms with van der Waals surface area (Å²) in [5.74, 6) is -0.320. The van der Waals surface area contributed by atoms with Crippen LogP contribution >= 0.6 is 0 Å². The molecule has 0 saturated carbocycles. The monoisotopic (exact) mass is 405 g/mol. The van der Waals surface area contributed by atoms with Gasteiger partial charge in [-0.2, -0.15) is 8.42 Å². The molecular formula is C20H23NO6S. The summed E-state index contributed by atoms with van der Waals surface area (Å²) in [6.07, 6.45) is 0.766. The molecule has 2 aromatic rings. The van der Waals surface area contributed by atoms with Crippen LogP contribution in [0, 0.1) is 19.8 Å².